The second-order valence-electron chi connectivity index (χ2n) is 12.6. The first kappa shape index (κ1) is 31.4. The fourth-order valence-corrected chi connectivity index (χ4v) is 6.39. The van der Waals surface area contributed by atoms with E-state index in [2.05, 4.69) is 17.1 Å². The van der Waals surface area contributed by atoms with Gasteiger partial charge < -0.3 is 34.1 Å². The van der Waals surface area contributed by atoms with Crippen molar-refractivity contribution in [3.8, 4) is 17.2 Å². The zero-order valence-corrected chi connectivity index (χ0v) is 26.9. The van der Waals surface area contributed by atoms with Crippen molar-refractivity contribution in [1.82, 2.24) is 14.4 Å². The molecule has 0 spiro atoms. The number of nitrogens with zero attached hydrogens (tertiary/aromatic N) is 3. The highest BCUT2D eigenvalue weighted by molar-refractivity contribution is 5.96. The van der Waals surface area contributed by atoms with Gasteiger partial charge in [-0.15, -0.1) is 0 Å². The van der Waals surface area contributed by atoms with Gasteiger partial charge in [0, 0.05) is 61.0 Å². The van der Waals surface area contributed by atoms with Gasteiger partial charge in [0.15, 0.2) is 11.5 Å². The Kier molecular flexibility index (Phi) is 9.19. The molecule has 0 fully saturated rings. The summed E-state index contributed by atoms with van der Waals surface area (Å²) in [5.41, 5.74) is 4.42. The van der Waals surface area contributed by atoms with Crippen LogP contribution in [-0.4, -0.2) is 77.0 Å². The molecular weight excluding hydrogens is 584 g/mol. The minimum Gasteiger partial charge on any atom is -0.488 e. The van der Waals surface area contributed by atoms with Crippen LogP contribution in [0, 0.1) is 5.92 Å². The van der Waals surface area contributed by atoms with Gasteiger partial charge in [-0.3, -0.25) is 14.5 Å². The molecule has 0 aliphatic carbocycles. The van der Waals surface area contributed by atoms with E-state index in [9.17, 15) is 14.7 Å². The number of nitrogens with one attached hydrogen (secondary N) is 1. The normalized spacial score (nSPS) is 18.5. The second-order valence-corrected chi connectivity index (χ2v) is 12.6. The molecule has 2 amide bonds. The SMILES string of the molecule is C[C@H]1CN([C@@H](C)CO)C(=O)Cc2cc(NC(=O)Cc3cn(C)c4ccccc34)ccc2O[C@H]1CN(C)Cc1ccc2c(c1)OCO2. The number of anilines is 1. The number of aliphatic hydroxyl groups is 1. The molecule has 0 unspecified atom stereocenters. The number of hydrogen-bond acceptors (Lipinski definition) is 7. The van der Waals surface area contributed by atoms with E-state index < -0.39 is 0 Å². The predicted octanol–water partition coefficient (Wildman–Crippen LogP) is 4.37. The standard InChI is InChI=1S/C36H42N4O6/c1-23-17-40(24(2)21-41)36(43)16-26-14-28(37-35(42)15-27-19-39(4)30-8-6-5-7-29(27)30)10-12-31(26)46-34(23)20-38(3)18-25-9-11-32-33(13-25)45-22-44-32/h5-14,19,23-24,34,41H,15-18,20-22H2,1-4H3,(H,37,42)/t23-,24-,34-/m0/s1. The second kappa shape index (κ2) is 13.4. The molecule has 2 aliphatic heterocycles. The fraction of sp³-hybridized carbons (Fsp3) is 0.389. The van der Waals surface area contributed by atoms with E-state index in [-0.39, 0.29) is 56.1 Å². The Bertz CT molecular complexity index is 1730. The van der Waals surface area contributed by atoms with Gasteiger partial charge in [-0.25, -0.2) is 0 Å². The van der Waals surface area contributed by atoms with Crippen LogP contribution >= 0.6 is 0 Å². The minimum atomic E-state index is -0.341. The highest BCUT2D eigenvalue weighted by Gasteiger charge is 2.31. The largest absolute Gasteiger partial charge is 0.488 e. The molecule has 0 bridgehead atoms. The molecule has 0 saturated heterocycles. The van der Waals surface area contributed by atoms with E-state index in [0.717, 1.165) is 33.5 Å². The van der Waals surface area contributed by atoms with Crippen LogP contribution in [0.1, 0.15) is 30.5 Å². The van der Waals surface area contributed by atoms with Gasteiger partial charge in [-0.05, 0) is 61.5 Å². The zero-order valence-electron chi connectivity index (χ0n) is 26.9. The van der Waals surface area contributed by atoms with E-state index in [4.69, 9.17) is 14.2 Å². The first-order valence-corrected chi connectivity index (χ1v) is 15.8. The molecule has 242 valence electrons. The number of fused-ring (bicyclic) bond motifs is 3. The molecule has 1 aromatic heterocycles. The Balaban J connectivity index is 1.21. The summed E-state index contributed by atoms with van der Waals surface area (Å²) in [5, 5.41) is 14.1. The van der Waals surface area contributed by atoms with Crippen molar-refractivity contribution in [2.75, 3.05) is 38.9 Å². The number of likely N-dealkylation sites (N-methyl/N-ethyl adjacent to an activating group) is 1. The fourth-order valence-electron chi connectivity index (χ4n) is 6.39. The first-order chi connectivity index (χ1) is 22.2. The molecule has 6 rings (SSSR count). The molecule has 4 aromatic rings. The van der Waals surface area contributed by atoms with E-state index in [0.29, 0.717) is 36.6 Å². The van der Waals surface area contributed by atoms with Crippen molar-refractivity contribution >= 4 is 28.4 Å². The predicted molar refractivity (Wildman–Crippen MR) is 176 cm³/mol. The Hall–Kier alpha value is -4.54. The van der Waals surface area contributed by atoms with Crippen LogP contribution in [0.5, 0.6) is 17.2 Å². The number of carbonyl (C=O) groups is 2. The summed E-state index contributed by atoms with van der Waals surface area (Å²) >= 11 is 0. The van der Waals surface area contributed by atoms with E-state index >= 15 is 0 Å². The third kappa shape index (κ3) is 6.83. The highest BCUT2D eigenvalue weighted by atomic mass is 16.7. The van der Waals surface area contributed by atoms with Crippen molar-refractivity contribution in [3.63, 3.8) is 0 Å². The number of para-hydroxylation sites is 1. The number of hydrogen-bond donors (Lipinski definition) is 2. The number of carbonyl (C=O) groups excluding carboxylic acids is 2. The third-order valence-electron chi connectivity index (χ3n) is 8.91. The lowest BCUT2D eigenvalue weighted by molar-refractivity contribution is -0.134. The first-order valence-electron chi connectivity index (χ1n) is 15.8. The Labute approximate surface area is 269 Å². The number of amides is 2. The number of benzene rings is 3. The van der Waals surface area contributed by atoms with Gasteiger partial charge >= 0.3 is 0 Å². The van der Waals surface area contributed by atoms with Gasteiger partial charge in [0.05, 0.1) is 25.5 Å². The molecule has 10 heteroatoms. The number of aryl methyl sites for hydroxylation is 1. The van der Waals surface area contributed by atoms with Crippen LogP contribution < -0.4 is 19.5 Å². The topological polar surface area (TPSA) is 106 Å². The van der Waals surface area contributed by atoms with Crippen LogP contribution in [0.2, 0.25) is 0 Å². The van der Waals surface area contributed by atoms with Gasteiger partial charge in [-0.1, -0.05) is 31.2 Å². The maximum Gasteiger partial charge on any atom is 0.231 e. The Morgan fingerprint density at radius 2 is 1.87 bits per heavy atom. The minimum absolute atomic E-state index is 0.0248. The van der Waals surface area contributed by atoms with Crippen molar-refractivity contribution in [1.29, 1.82) is 0 Å². The monoisotopic (exact) mass is 626 g/mol. The Morgan fingerprint density at radius 1 is 1.09 bits per heavy atom. The van der Waals surface area contributed by atoms with Crippen molar-refractivity contribution in [2.45, 2.75) is 45.4 Å². The van der Waals surface area contributed by atoms with Crippen molar-refractivity contribution in [3.05, 3.63) is 83.6 Å². The maximum atomic E-state index is 13.6. The summed E-state index contributed by atoms with van der Waals surface area (Å²) in [5.74, 6) is 1.86. The molecular formula is C36H42N4O6. The molecule has 3 heterocycles. The summed E-state index contributed by atoms with van der Waals surface area (Å²) in [6.45, 7) is 5.77. The van der Waals surface area contributed by atoms with Crippen LogP contribution in [0.3, 0.4) is 0 Å². The lowest BCUT2D eigenvalue weighted by Gasteiger charge is -2.34. The average molecular weight is 627 g/mol. The number of rotatable bonds is 9. The highest BCUT2D eigenvalue weighted by Crippen LogP contribution is 2.33. The quantitative estimate of drug-likeness (QED) is 0.284. The van der Waals surface area contributed by atoms with E-state index in [1.165, 1.54) is 0 Å². The molecule has 10 nitrogen and oxygen atoms in total. The number of aromatic nitrogens is 1. The average Bonchev–Trinajstić information content (AvgIpc) is 3.64. The number of ether oxygens (including phenoxy) is 3. The van der Waals surface area contributed by atoms with Crippen LogP contribution in [0.15, 0.2) is 66.9 Å². The third-order valence-corrected chi connectivity index (χ3v) is 8.91. The van der Waals surface area contributed by atoms with Gasteiger partial charge in [0.25, 0.3) is 0 Å². The van der Waals surface area contributed by atoms with Crippen LogP contribution in [0.25, 0.3) is 10.9 Å². The van der Waals surface area contributed by atoms with Gasteiger partial charge in [-0.2, -0.15) is 0 Å². The molecule has 2 N–H and O–H groups in total. The molecule has 0 radical (unpaired) electrons. The molecule has 3 aromatic carbocycles. The van der Waals surface area contributed by atoms with E-state index in [1.54, 1.807) is 4.90 Å². The van der Waals surface area contributed by atoms with Gasteiger partial charge in [0.1, 0.15) is 11.9 Å². The Morgan fingerprint density at radius 3 is 2.70 bits per heavy atom. The van der Waals surface area contributed by atoms with Gasteiger partial charge in [0.2, 0.25) is 18.6 Å². The van der Waals surface area contributed by atoms with Crippen molar-refractivity contribution in [2.24, 2.45) is 13.0 Å². The van der Waals surface area contributed by atoms with Crippen molar-refractivity contribution < 1.29 is 28.9 Å². The molecule has 0 saturated carbocycles. The summed E-state index contributed by atoms with van der Waals surface area (Å²) in [7, 11) is 4.02. The van der Waals surface area contributed by atoms with E-state index in [1.807, 2.05) is 92.4 Å². The molecule has 3 atom stereocenters. The maximum absolute atomic E-state index is 13.6. The van der Waals surface area contributed by atoms with Crippen LogP contribution in [0.4, 0.5) is 5.69 Å². The summed E-state index contributed by atoms with van der Waals surface area (Å²) in [6, 6.07) is 19.2. The summed E-state index contributed by atoms with van der Waals surface area (Å²) in [4.78, 5) is 30.8. The molecule has 46 heavy (non-hydrogen) atoms. The lowest BCUT2D eigenvalue weighted by atomic mass is 10.0. The summed E-state index contributed by atoms with van der Waals surface area (Å²) < 4.78 is 19.7. The smallest absolute Gasteiger partial charge is 0.231 e. The molecule has 2 aliphatic rings. The number of aliphatic hydroxyl groups excluding tert-OH is 1. The zero-order chi connectivity index (χ0) is 32.4. The van der Waals surface area contributed by atoms with Crippen LogP contribution in [-0.2, 0) is 36.0 Å². The summed E-state index contributed by atoms with van der Waals surface area (Å²) in [6.07, 6.45) is 2.07. The lowest BCUT2D eigenvalue weighted by Crippen LogP contribution is -2.47.